The van der Waals surface area contributed by atoms with Crippen molar-refractivity contribution in [2.24, 2.45) is 5.92 Å². The van der Waals surface area contributed by atoms with E-state index in [4.69, 9.17) is 4.74 Å². The molecule has 0 heterocycles. The van der Waals surface area contributed by atoms with Gasteiger partial charge in [-0.3, -0.25) is 0 Å². The van der Waals surface area contributed by atoms with Crippen molar-refractivity contribution >= 4 is 6.03 Å². The zero-order valence-corrected chi connectivity index (χ0v) is 13.4. The highest BCUT2D eigenvalue weighted by Gasteiger charge is 2.26. The Hall–Kier alpha value is -1.75. The molecule has 1 aliphatic rings. The van der Waals surface area contributed by atoms with Crippen molar-refractivity contribution in [2.45, 2.75) is 38.8 Å². The summed E-state index contributed by atoms with van der Waals surface area (Å²) in [7, 11) is 1.62. The predicted octanol–water partition coefficient (Wildman–Crippen LogP) is 2.39. The minimum absolute atomic E-state index is 0.0552. The van der Waals surface area contributed by atoms with Crippen LogP contribution in [-0.4, -0.2) is 42.3 Å². The second kappa shape index (κ2) is 8.03. The topological polar surface area (TPSA) is 61.8 Å². The third kappa shape index (κ3) is 4.13. The first-order valence-electron chi connectivity index (χ1n) is 7.94. The fourth-order valence-electron chi connectivity index (χ4n) is 2.76. The van der Waals surface area contributed by atoms with Gasteiger partial charge >= 0.3 is 6.03 Å². The molecule has 2 rings (SSSR count). The van der Waals surface area contributed by atoms with Crippen LogP contribution in [0, 0.1) is 5.92 Å². The highest BCUT2D eigenvalue weighted by molar-refractivity contribution is 5.74. The van der Waals surface area contributed by atoms with Crippen molar-refractivity contribution in [1.82, 2.24) is 10.2 Å². The van der Waals surface area contributed by atoms with E-state index in [-0.39, 0.29) is 18.7 Å². The maximum Gasteiger partial charge on any atom is 0.317 e. The number of para-hydroxylation sites is 1. The number of aliphatic hydroxyl groups is 1. The Morgan fingerprint density at radius 1 is 1.45 bits per heavy atom. The SMILES string of the molecule is COc1ccccc1CN(CCO)C(=O)NC(C)C1CCC1. The van der Waals surface area contributed by atoms with E-state index in [1.165, 1.54) is 19.3 Å². The van der Waals surface area contributed by atoms with Crippen LogP contribution in [0.1, 0.15) is 31.7 Å². The van der Waals surface area contributed by atoms with Crippen molar-refractivity contribution < 1.29 is 14.6 Å². The molecule has 2 amide bonds. The molecular formula is C17H26N2O3. The molecule has 122 valence electrons. The Morgan fingerprint density at radius 3 is 2.77 bits per heavy atom. The first-order chi connectivity index (χ1) is 10.7. The number of hydrogen-bond acceptors (Lipinski definition) is 3. The molecular weight excluding hydrogens is 280 g/mol. The van der Waals surface area contributed by atoms with Gasteiger partial charge in [-0.2, -0.15) is 0 Å². The lowest BCUT2D eigenvalue weighted by Crippen LogP contribution is -2.48. The maximum absolute atomic E-state index is 12.5. The number of carbonyl (C=O) groups is 1. The Bertz CT molecular complexity index is 489. The first-order valence-corrected chi connectivity index (χ1v) is 7.94. The summed E-state index contributed by atoms with van der Waals surface area (Å²) < 4.78 is 5.33. The predicted molar refractivity (Wildman–Crippen MR) is 85.8 cm³/mol. The van der Waals surface area contributed by atoms with Gasteiger partial charge in [0.25, 0.3) is 0 Å². The van der Waals surface area contributed by atoms with E-state index in [2.05, 4.69) is 12.2 Å². The maximum atomic E-state index is 12.5. The monoisotopic (exact) mass is 306 g/mol. The molecule has 1 aromatic rings. The van der Waals surface area contributed by atoms with Crippen LogP contribution in [0.4, 0.5) is 4.79 Å². The minimum Gasteiger partial charge on any atom is -0.496 e. The summed E-state index contributed by atoms with van der Waals surface area (Å²) in [6.07, 6.45) is 3.63. The number of aliphatic hydroxyl groups excluding tert-OH is 1. The number of carbonyl (C=O) groups excluding carboxylic acids is 1. The van der Waals surface area contributed by atoms with Gasteiger partial charge in [0.15, 0.2) is 0 Å². The smallest absolute Gasteiger partial charge is 0.317 e. The van der Waals surface area contributed by atoms with E-state index >= 15 is 0 Å². The zero-order chi connectivity index (χ0) is 15.9. The molecule has 5 heteroatoms. The van der Waals surface area contributed by atoms with Gasteiger partial charge in [-0.1, -0.05) is 24.6 Å². The summed E-state index contributed by atoms with van der Waals surface area (Å²) in [5.41, 5.74) is 0.935. The lowest BCUT2D eigenvalue weighted by Gasteiger charge is -2.33. The number of benzene rings is 1. The van der Waals surface area contributed by atoms with Crippen molar-refractivity contribution in [3.8, 4) is 5.75 Å². The van der Waals surface area contributed by atoms with Gasteiger partial charge in [0, 0.05) is 18.2 Å². The van der Waals surface area contributed by atoms with Crippen LogP contribution in [0.25, 0.3) is 0 Å². The highest BCUT2D eigenvalue weighted by atomic mass is 16.5. The molecule has 2 N–H and O–H groups in total. The molecule has 0 bridgehead atoms. The summed E-state index contributed by atoms with van der Waals surface area (Å²) in [4.78, 5) is 14.1. The number of hydrogen-bond donors (Lipinski definition) is 2. The lowest BCUT2D eigenvalue weighted by atomic mass is 9.80. The minimum atomic E-state index is -0.126. The fourth-order valence-corrected chi connectivity index (χ4v) is 2.76. The number of methoxy groups -OCH3 is 1. The largest absolute Gasteiger partial charge is 0.496 e. The van der Waals surface area contributed by atoms with Gasteiger partial charge in [0.05, 0.1) is 20.3 Å². The van der Waals surface area contributed by atoms with Gasteiger partial charge in [-0.25, -0.2) is 4.79 Å². The van der Waals surface area contributed by atoms with Crippen LogP contribution in [0.15, 0.2) is 24.3 Å². The number of nitrogens with one attached hydrogen (secondary N) is 1. The average molecular weight is 306 g/mol. The van der Waals surface area contributed by atoms with Crippen LogP contribution in [0.5, 0.6) is 5.75 Å². The Balaban J connectivity index is 2.00. The molecule has 1 aromatic carbocycles. The number of rotatable bonds is 7. The van der Waals surface area contributed by atoms with Crippen LogP contribution in [0.2, 0.25) is 0 Å². The van der Waals surface area contributed by atoms with Crippen molar-refractivity contribution in [3.63, 3.8) is 0 Å². The highest BCUT2D eigenvalue weighted by Crippen LogP contribution is 2.29. The Morgan fingerprint density at radius 2 is 2.18 bits per heavy atom. The van der Waals surface area contributed by atoms with Crippen molar-refractivity contribution in [2.75, 3.05) is 20.3 Å². The molecule has 0 radical (unpaired) electrons. The number of amides is 2. The second-order valence-corrected chi connectivity index (χ2v) is 5.89. The molecule has 1 aliphatic carbocycles. The molecule has 0 aromatic heterocycles. The molecule has 0 saturated heterocycles. The van der Waals surface area contributed by atoms with E-state index < -0.39 is 0 Å². The Kier molecular flexibility index (Phi) is 6.07. The number of ether oxygens (including phenoxy) is 1. The van der Waals surface area contributed by atoms with Crippen LogP contribution >= 0.6 is 0 Å². The molecule has 1 saturated carbocycles. The molecule has 1 unspecified atom stereocenters. The summed E-state index contributed by atoms with van der Waals surface area (Å²) in [5, 5.41) is 12.3. The van der Waals surface area contributed by atoms with E-state index in [1.807, 2.05) is 24.3 Å². The molecule has 1 atom stereocenters. The van der Waals surface area contributed by atoms with Crippen molar-refractivity contribution in [1.29, 1.82) is 0 Å². The van der Waals surface area contributed by atoms with Crippen LogP contribution in [-0.2, 0) is 6.54 Å². The van der Waals surface area contributed by atoms with E-state index in [1.54, 1.807) is 12.0 Å². The lowest BCUT2D eigenvalue weighted by molar-refractivity contribution is 0.160. The third-order valence-corrected chi connectivity index (χ3v) is 4.42. The Labute approximate surface area is 132 Å². The molecule has 0 aliphatic heterocycles. The quantitative estimate of drug-likeness (QED) is 0.813. The van der Waals surface area contributed by atoms with Gasteiger partial charge in [-0.05, 0) is 31.7 Å². The third-order valence-electron chi connectivity index (χ3n) is 4.42. The molecule has 1 fully saturated rings. The van der Waals surface area contributed by atoms with Crippen molar-refractivity contribution in [3.05, 3.63) is 29.8 Å². The van der Waals surface area contributed by atoms with Gasteiger partial charge < -0.3 is 20.1 Å². The van der Waals surface area contributed by atoms with Gasteiger partial charge in [-0.15, -0.1) is 0 Å². The fraction of sp³-hybridized carbons (Fsp3) is 0.588. The number of urea groups is 1. The molecule has 0 spiro atoms. The average Bonchev–Trinajstić information content (AvgIpc) is 2.45. The summed E-state index contributed by atoms with van der Waals surface area (Å²) in [6, 6.07) is 7.69. The van der Waals surface area contributed by atoms with E-state index in [0.29, 0.717) is 19.0 Å². The van der Waals surface area contributed by atoms with Crippen LogP contribution in [0.3, 0.4) is 0 Å². The summed E-state index contributed by atoms with van der Waals surface area (Å²) in [5.74, 6) is 1.34. The van der Waals surface area contributed by atoms with E-state index in [0.717, 1.165) is 11.3 Å². The normalized spacial score (nSPS) is 15.8. The summed E-state index contributed by atoms with van der Waals surface area (Å²) in [6.45, 7) is 2.73. The van der Waals surface area contributed by atoms with Crippen LogP contribution < -0.4 is 10.1 Å². The molecule has 22 heavy (non-hydrogen) atoms. The second-order valence-electron chi connectivity index (χ2n) is 5.89. The zero-order valence-electron chi connectivity index (χ0n) is 13.4. The van der Waals surface area contributed by atoms with E-state index in [9.17, 15) is 9.90 Å². The molecule has 5 nitrogen and oxygen atoms in total. The number of nitrogens with zero attached hydrogens (tertiary/aromatic N) is 1. The van der Waals surface area contributed by atoms with Gasteiger partial charge in [0.2, 0.25) is 0 Å². The summed E-state index contributed by atoms with van der Waals surface area (Å²) >= 11 is 0. The van der Waals surface area contributed by atoms with Gasteiger partial charge in [0.1, 0.15) is 5.75 Å². The first kappa shape index (κ1) is 16.6. The standard InChI is InChI=1S/C17H26N2O3/c1-13(14-7-5-8-14)18-17(21)19(10-11-20)12-15-6-3-4-9-16(15)22-2/h3-4,6,9,13-14,20H,5,7-8,10-12H2,1-2H3,(H,18,21).